The lowest BCUT2D eigenvalue weighted by Crippen LogP contribution is -2.38. The first-order valence-corrected chi connectivity index (χ1v) is 6.79. The van der Waals surface area contributed by atoms with Gasteiger partial charge in [0.05, 0.1) is 17.8 Å². The number of rotatable bonds is 1. The molecule has 2 aromatic rings. The number of aromatic nitrogens is 1. The molecule has 0 saturated carbocycles. The monoisotopic (exact) mass is 336 g/mol. The van der Waals surface area contributed by atoms with Gasteiger partial charge in [-0.15, -0.1) is 0 Å². The minimum absolute atomic E-state index is 0.185. The molecule has 0 N–H and O–H groups in total. The topological polar surface area (TPSA) is 42.4 Å². The number of ether oxygens (including phenoxy) is 1. The zero-order chi connectivity index (χ0) is 14.1. The molecule has 0 spiro atoms. The molecule has 0 atom stereocenters. The smallest absolute Gasteiger partial charge is 0.260 e. The molecule has 1 aliphatic rings. The predicted molar refractivity (Wildman–Crippen MR) is 75.5 cm³/mol. The zero-order valence-electron chi connectivity index (χ0n) is 10.3. The summed E-state index contributed by atoms with van der Waals surface area (Å²) < 4.78 is 19.3. The van der Waals surface area contributed by atoms with E-state index in [-0.39, 0.29) is 11.7 Å². The van der Waals surface area contributed by atoms with Crippen LogP contribution in [-0.2, 0) is 0 Å². The van der Waals surface area contributed by atoms with Crippen molar-refractivity contribution in [2.45, 2.75) is 0 Å². The summed E-state index contributed by atoms with van der Waals surface area (Å²) in [5.74, 6) is -0.190. The Balaban J connectivity index is 1.98. The molecule has 1 aromatic carbocycles. The quantitative estimate of drug-likeness (QED) is 0.803. The summed E-state index contributed by atoms with van der Waals surface area (Å²) in [6.07, 6.45) is 3.12. The van der Waals surface area contributed by atoms with Gasteiger partial charge < -0.3 is 9.64 Å². The predicted octanol–water partition coefficient (Wildman–Crippen LogP) is 3.02. The number of halogens is 2. The van der Waals surface area contributed by atoms with E-state index in [4.69, 9.17) is 4.74 Å². The Hall–Kier alpha value is -1.95. The second kappa shape index (κ2) is 5.20. The fourth-order valence-corrected chi connectivity index (χ4v) is 2.45. The van der Waals surface area contributed by atoms with Crippen molar-refractivity contribution in [3.05, 3.63) is 52.5 Å². The van der Waals surface area contributed by atoms with Crippen LogP contribution in [0.25, 0.3) is 0 Å². The molecule has 0 fully saturated rings. The number of pyridine rings is 1. The van der Waals surface area contributed by atoms with Crippen LogP contribution < -0.4 is 9.64 Å². The molecule has 4 nitrogen and oxygen atoms in total. The summed E-state index contributed by atoms with van der Waals surface area (Å²) in [4.78, 5) is 18.1. The van der Waals surface area contributed by atoms with Gasteiger partial charge in [-0.2, -0.15) is 0 Å². The number of amides is 1. The number of carbonyl (C=O) groups is 1. The Morgan fingerprint density at radius 1 is 1.35 bits per heavy atom. The summed E-state index contributed by atoms with van der Waals surface area (Å²) in [5, 5.41) is 0. The third kappa shape index (κ3) is 2.38. The summed E-state index contributed by atoms with van der Waals surface area (Å²) in [5.41, 5.74) is 1.04. The highest BCUT2D eigenvalue weighted by Gasteiger charge is 2.25. The Morgan fingerprint density at radius 2 is 2.20 bits per heavy atom. The minimum Gasteiger partial charge on any atom is -0.489 e. The number of fused-ring (bicyclic) bond motifs is 1. The maximum absolute atomic E-state index is 13.2. The second-order valence-corrected chi connectivity index (χ2v) is 5.22. The van der Waals surface area contributed by atoms with E-state index in [9.17, 15) is 9.18 Å². The van der Waals surface area contributed by atoms with E-state index in [1.54, 1.807) is 23.2 Å². The van der Waals surface area contributed by atoms with E-state index < -0.39 is 0 Å². The van der Waals surface area contributed by atoms with Crippen molar-refractivity contribution < 1.29 is 13.9 Å². The lowest BCUT2D eigenvalue weighted by Gasteiger charge is -2.29. The highest BCUT2D eigenvalue weighted by atomic mass is 79.9. The molecule has 2 heterocycles. The standard InChI is InChI=1S/C14H10BrFN2O2/c15-10-5-9(7-17-8-10)14(19)18-3-4-20-13-6-11(16)1-2-12(13)18/h1-2,5-8H,3-4H2. The van der Waals surface area contributed by atoms with E-state index >= 15 is 0 Å². The normalized spacial score (nSPS) is 13.6. The SMILES string of the molecule is O=C(c1cncc(Br)c1)N1CCOc2cc(F)ccc21. The number of carbonyl (C=O) groups excluding carboxylic acids is 1. The van der Waals surface area contributed by atoms with Gasteiger partial charge in [0, 0.05) is 22.9 Å². The molecule has 1 amide bonds. The fraction of sp³-hybridized carbons (Fsp3) is 0.143. The molecule has 20 heavy (non-hydrogen) atoms. The van der Waals surface area contributed by atoms with Crippen molar-refractivity contribution in [2.24, 2.45) is 0 Å². The van der Waals surface area contributed by atoms with Crippen molar-refractivity contribution in [3.63, 3.8) is 0 Å². The molecule has 1 aromatic heterocycles. The largest absolute Gasteiger partial charge is 0.489 e. The number of hydrogen-bond acceptors (Lipinski definition) is 3. The Morgan fingerprint density at radius 3 is 3.00 bits per heavy atom. The number of nitrogens with zero attached hydrogens (tertiary/aromatic N) is 2. The average Bonchev–Trinajstić information content (AvgIpc) is 2.45. The third-order valence-electron chi connectivity index (χ3n) is 2.98. The van der Waals surface area contributed by atoms with Gasteiger partial charge in [-0.25, -0.2) is 4.39 Å². The zero-order valence-corrected chi connectivity index (χ0v) is 11.9. The van der Waals surface area contributed by atoms with E-state index in [0.717, 1.165) is 4.47 Å². The highest BCUT2D eigenvalue weighted by molar-refractivity contribution is 9.10. The first-order valence-electron chi connectivity index (χ1n) is 6.00. The van der Waals surface area contributed by atoms with E-state index in [1.807, 2.05) is 0 Å². The molecule has 0 bridgehead atoms. The third-order valence-corrected chi connectivity index (χ3v) is 3.42. The van der Waals surface area contributed by atoms with E-state index in [1.165, 1.54) is 18.3 Å². The van der Waals surface area contributed by atoms with Crippen LogP contribution in [0.3, 0.4) is 0 Å². The number of benzene rings is 1. The molecule has 3 rings (SSSR count). The van der Waals surface area contributed by atoms with Gasteiger partial charge in [-0.1, -0.05) is 0 Å². The van der Waals surface area contributed by atoms with Crippen LogP contribution in [0.2, 0.25) is 0 Å². The molecule has 0 unspecified atom stereocenters. The molecule has 1 aliphatic heterocycles. The van der Waals surface area contributed by atoms with E-state index in [2.05, 4.69) is 20.9 Å². The van der Waals surface area contributed by atoms with Crippen molar-refractivity contribution >= 4 is 27.5 Å². The fourth-order valence-electron chi connectivity index (χ4n) is 2.09. The van der Waals surface area contributed by atoms with Gasteiger partial charge >= 0.3 is 0 Å². The molecule has 6 heteroatoms. The van der Waals surface area contributed by atoms with Gasteiger partial charge in [0.2, 0.25) is 0 Å². The van der Waals surface area contributed by atoms with Crippen LogP contribution in [0.5, 0.6) is 5.75 Å². The van der Waals surface area contributed by atoms with Gasteiger partial charge in [-0.3, -0.25) is 9.78 Å². The van der Waals surface area contributed by atoms with Gasteiger partial charge in [-0.05, 0) is 34.1 Å². The summed E-state index contributed by atoms with van der Waals surface area (Å²) in [6.45, 7) is 0.758. The van der Waals surface area contributed by atoms with E-state index in [0.29, 0.717) is 30.2 Å². The van der Waals surface area contributed by atoms with Gasteiger partial charge in [0.15, 0.2) is 0 Å². The molecule has 0 radical (unpaired) electrons. The first kappa shape index (κ1) is 13.1. The van der Waals surface area contributed by atoms with Crippen molar-refractivity contribution in [1.29, 1.82) is 0 Å². The van der Waals surface area contributed by atoms with Crippen molar-refractivity contribution in [2.75, 3.05) is 18.1 Å². The maximum Gasteiger partial charge on any atom is 0.260 e. The van der Waals surface area contributed by atoms with Crippen LogP contribution in [0.4, 0.5) is 10.1 Å². The van der Waals surface area contributed by atoms with Crippen LogP contribution in [0.1, 0.15) is 10.4 Å². The Bertz CT molecular complexity index is 678. The van der Waals surface area contributed by atoms with Crippen molar-refractivity contribution in [3.8, 4) is 5.75 Å². The average molecular weight is 337 g/mol. The molecule has 102 valence electrons. The maximum atomic E-state index is 13.2. The summed E-state index contributed by atoms with van der Waals surface area (Å²) in [6, 6.07) is 5.85. The molecule has 0 aliphatic carbocycles. The van der Waals surface area contributed by atoms with Crippen LogP contribution >= 0.6 is 15.9 Å². The highest BCUT2D eigenvalue weighted by Crippen LogP contribution is 2.33. The summed E-state index contributed by atoms with van der Waals surface area (Å²) in [7, 11) is 0. The molecule has 0 saturated heterocycles. The van der Waals surface area contributed by atoms with Crippen molar-refractivity contribution in [1.82, 2.24) is 4.98 Å². The van der Waals surface area contributed by atoms with Crippen LogP contribution in [0, 0.1) is 5.82 Å². The number of anilines is 1. The Kier molecular flexibility index (Phi) is 3.40. The van der Waals surface area contributed by atoms with Gasteiger partial charge in [0.25, 0.3) is 5.91 Å². The number of hydrogen-bond donors (Lipinski definition) is 0. The van der Waals surface area contributed by atoms with Gasteiger partial charge in [0.1, 0.15) is 18.2 Å². The van der Waals surface area contributed by atoms with Crippen LogP contribution in [-0.4, -0.2) is 24.0 Å². The molecular weight excluding hydrogens is 327 g/mol. The lowest BCUT2D eigenvalue weighted by atomic mass is 10.2. The second-order valence-electron chi connectivity index (χ2n) is 4.31. The minimum atomic E-state index is -0.387. The first-order chi connectivity index (χ1) is 9.65. The Labute approximate surface area is 123 Å². The van der Waals surface area contributed by atoms with Crippen LogP contribution in [0.15, 0.2) is 41.1 Å². The lowest BCUT2D eigenvalue weighted by molar-refractivity contribution is 0.0976. The summed E-state index contributed by atoms with van der Waals surface area (Å²) >= 11 is 3.29. The molecular formula is C14H10BrFN2O2.